The molecule has 0 aromatic heterocycles. The van der Waals surface area contributed by atoms with Crippen LogP contribution in [-0.4, -0.2) is 61.8 Å². The van der Waals surface area contributed by atoms with Gasteiger partial charge in [0.1, 0.15) is 5.75 Å². The number of hydrogen-bond acceptors (Lipinski definition) is 5. The summed E-state index contributed by atoms with van der Waals surface area (Å²) >= 11 is 0. The van der Waals surface area contributed by atoms with E-state index in [1.807, 2.05) is 24.3 Å². The van der Waals surface area contributed by atoms with Gasteiger partial charge in [0.2, 0.25) is 10.0 Å². The number of ether oxygens (including phenoxy) is 1. The molecule has 2 heterocycles. The SMILES string of the molecule is CCc1ccc(NC(=O)N2CCN(S(=O)(=O)c3ccc4c(c3)NC(=O)[C@@H](C)O4)CC2)cc1. The molecule has 2 aliphatic heterocycles. The third-order valence-electron chi connectivity index (χ3n) is 5.66. The average Bonchev–Trinajstić information content (AvgIpc) is 2.80. The minimum Gasteiger partial charge on any atom is -0.479 e. The summed E-state index contributed by atoms with van der Waals surface area (Å²) in [7, 11) is -3.77. The van der Waals surface area contributed by atoms with E-state index in [4.69, 9.17) is 4.74 Å². The highest BCUT2D eigenvalue weighted by Crippen LogP contribution is 2.33. The number of amides is 3. The lowest BCUT2D eigenvalue weighted by Gasteiger charge is -2.34. The summed E-state index contributed by atoms with van der Waals surface area (Å²) in [6, 6.07) is 11.8. The van der Waals surface area contributed by atoms with E-state index in [9.17, 15) is 18.0 Å². The van der Waals surface area contributed by atoms with Crippen molar-refractivity contribution >= 4 is 33.3 Å². The predicted octanol–water partition coefficient (Wildman–Crippen LogP) is 2.51. The van der Waals surface area contributed by atoms with Crippen LogP contribution in [0.25, 0.3) is 0 Å². The average molecular weight is 459 g/mol. The number of nitrogens with zero attached hydrogens (tertiary/aromatic N) is 2. The second-order valence-electron chi connectivity index (χ2n) is 7.78. The molecule has 1 fully saturated rings. The number of fused-ring (bicyclic) bond motifs is 1. The number of carbonyl (C=O) groups excluding carboxylic acids is 2. The van der Waals surface area contributed by atoms with Gasteiger partial charge in [0.05, 0.1) is 10.6 Å². The Morgan fingerprint density at radius 1 is 1.12 bits per heavy atom. The molecule has 2 aromatic rings. The van der Waals surface area contributed by atoms with Crippen molar-refractivity contribution in [3.05, 3.63) is 48.0 Å². The summed E-state index contributed by atoms with van der Waals surface area (Å²) in [5, 5.41) is 5.52. The van der Waals surface area contributed by atoms with Gasteiger partial charge in [-0.15, -0.1) is 0 Å². The maximum absolute atomic E-state index is 13.1. The maximum atomic E-state index is 13.1. The Kier molecular flexibility index (Phi) is 6.07. The van der Waals surface area contributed by atoms with Crippen LogP contribution in [0.2, 0.25) is 0 Å². The first-order chi connectivity index (χ1) is 15.3. The third-order valence-corrected chi connectivity index (χ3v) is 7.55. The van der Waals surface area contributed by atoms with Crippen LogP contribution < -0.4 is 15.4 Å². The van der Waals surface area contributed by atoms with Crippen LogP contribution in [0.15, 0.2) is 47.4 Å². The van der Waals surface area contributed by atoms with Gasteiger partial charge in [-0.05, 0) is 49.2 Å². The summed E-state index contributed by atoms with van der Waals surface area (Å²) < 4.78 is 33.0. The zero-order valence-corrected chi connectivity index (χ0v) is 18.8. The first-order valence-electron chi connectivity index (χ1n) is 10.5. The summed E-state index contributed by atoms with van der Waals surface area (Å²) in [4.78, 5) is 26.1. The summed E-state index contributed by atoms with van der Waals surface area (Å²) in [6.45, 7) is 4.61. The number of piperazine rings is 1. The van der Waals surface area contributed by atoms with Gasteiger partial charge in [0.15, 0.2) is 6.10 Å². The summed E-state index contributed by atoms with van der Waals surface area (Å²) in [5.74, 6) is 0.112. The highest BCUT2D eigenvalue weighted by Gasteiger charge is 2.32. The zero-order chi connectivity index (χ0) is 22.9. The van der Waals surface area contributed by atoms with Crippen molar-refractivity contribution < 1.29 is 22.7 Å². The predicted molar refractivity (Wildman–Crippen MR) is 120 cm³/mol. The number of benzene rings is 2. The molecule has 10 heteroatoms. The Labute approximate surface area is 187 Å². The molecule has 4 rings (SSSR count). The largest absolute Gasteiger partial charge is 0.479 e. The second kappa shape index (κ2) is 8.79. The Morgan fingerprint density at radius 3 is 2.47 bits per heavy atom. The molecule has 0 radical (unpaired) electrons. The lowest BCUT2D eigenvalue weighted by molar-refractivity contribution is -0.122. The molecule has 32 heavy (non-hydrogen) atoms. The molecule has 170 valence electrons. The number of rotatable bonds is 4. The van der Waals surface area contributed by atoms with E-state index in [2.05, 4.69) is 17.6 Å². The second-order valence-corrected chi connectivity index (χ2v) is 9.72. The molecule has 0 aliphatic carbocycles. The van der Waals surface area contributed by atoms with E-state index >= 15 is 0 Å². The number of carbonyl (C=O) groups is 2. The molecule has 1 atom stereocenters. The fourth-order valence-corrected chi connectivity index (χ4v) is 5.10. The molecular formula is C22H26N4O5S. The van der Waals surface area contributed by atoms with E-state index in [1.54, 1.807) is 17.9 Å². The van der Waals surface area contributed by atoms with Gasteiger partial charge in [0.25, 0.3) is 5.91 Å². The van der Waals surface area contributed by atoms with E-state index in [1.165, 1.54) is 22.0 Å². The fraction of sp³-hybridized carbons (Fsp3) is 0.364. The summed E-state index contributed by atoms with van der Waals surface area (Å²) in [5.41, 5.74) is 2.22. The minimum atomic E-state index is -3.77. The molecule has 9 nitrogen and oxygen atoms in total. The fourth-order valence-electron chi connectivity index (χ4n) is 3.66. The quantitative estimate of drug-likeness (QED) is 0.732. The number of hydrogen-bond donors (Lipinski definition) is 2. The maximum Gasteiger partial charge on any atom is 0.321 e. The number of nitrogens with one attached hydrogen (secondary N) is 2. The smallest absolute Gasteiger partial charge is 0.321 e. The van der Waals surface area contributed by atoms with E-state index in [0.717, 1.165) is 6.42 Å². The van der Waals surface area contributed by atoms with E-state index < -0.39 is 16.1 Å². The van der Waals surface area contributed by atoms with Crippen LogP contribution in [0.3, 0.4) is 0 Å². The molecule has 0 saturated carbocycles. The Hall–Kier alpha value is -3.11. The van der Waals surface area contributed by atoms with Crippen LogP contribution in [0.1, 0.15) is 19.4 Å². The molecular weight excluding hydrogens is 432 g/mol. The normalized spacial score (nSPS) is 19.0. The number of urea groups is 1. The lowest BCUT2D eigenvalue weighted by Crippen LogP contribution is -2.51. The van der Waals surface area contributed by atoms with Crippen LogP contribution in [0, 0.1) is 0 Å². The highest BCUT2D eigenvalue weighted by atomic mass is 32.2. The molecule has 2 aromatic carbocycles. The van der Waals surface area contributed by atoms with Crippen molar-refractivity contribution in [1.82, 2.24) is 9.21 Å². The minimum absolute atomic E-state index is 0.0728. The van der Waals surface area contributed by atoms with E-state index in [0.29, 0.717) is 17.1 Å². The molecule has 0 unspecified atom stereocenters. The number of anilines is 2. The van der Waals surface area contributed by atoms with Crippen LogP contribution in [0.4, 0.5) is 16.2 Å². The third kappa shape index (κ3) is 4.42. The van der Waals surface area contributed by atoms with Gasteiger partial charge in [-0.3, -0.25) is 4.79 Å². The van der Waals surface area contributed by atoms with Crippen molar-refractivity contribution in [3.63, 3.8) is 0 Å². The van der Waals surface area contributed by atoms with Gasteiger partial charge in [-0.25, -0.2) is 13.2 Å². The van der Waals surface area contributed by atoms with Gasteiger partial charge < -0.3 is 20.3 Å². The Bertz CT molecular complexity index is 1130. The molecule has 3 amide bonds. The standard InChI is InChI=1S/C22H26N4O5S/c1-3-16-4-6-17(7-5-16)23-22(28)25-10-12-26(13-11-25)32(29,30)18-8-9-20-19(14-18)24-21(27)15(2)31-20/h4-9,14-15H,3,10-13H2,1-2H3,(H,23,28)(H,24,27)/t15-/m1/s1. The van der Waals surface area contributed by atoms with Gasteiger partial charge in [-0.2, -0.15) is 4.31 Å². The molecule has 1 saturated heterocycles. The van der Waals surface area contributed by atoms with Crippen molar-refractivity contribution in [1.29, 1.82) is 0 Å². The van der Waals surface area contributed by atoms with Crippen molar-refractivity contribution in [3.8, 4) is 5.75 Å². The highest BCUT2D eigenvalue weighted by molar-refractivity contribution is 7.89. The lowest BCUT2D eigenvalue weighted by atomic mass is 10.1. The van der Waals surface area contributed by atoms with Crippen LogP contribution in [-0.2, 0) is 21.2 Å². The summed E-state index contributed by atoms with van der Waals surface area (Å²) in [6.07, 6.45) is 0.293. The number of sulfonamides is 1. The van der Waals surface area contributed by atoms with Crippen molar-refractivity contribution in [2.24, 2.45) is 0 Å². The monoisotopic (exact) mass is 458 g/mol. The van der Waals surface area contributed by atoms with E-state index in [-0.39, 0.29) is 43.0 Å². The van der Waals surface area contributed by atoms with Crippen molar-refractivity contribution in [2.45, 2.75) is 31.3 Å². The Balaban J connectivity index is 1.39. The van der Waals surface area contributed by atoms with Crippen LogP contribution >= 0.6 is 0 Å². The van der Waals surface area contributed by atoms with Crippen molar-refractivity contribution in [2.75, 3.05) is 36.8 Å². The zero-order valence-electron chi connectivity index (χ0n) is 18.0. The van der Waals surface area contributed by atoms with Gasteiger partial charge in [-0.1, -0.05) is 19.1 Å². The number of aryl methyl sites for hydroxylation is 1. The first-order valence-corrected chi connectivity index (χ1v) is 12.0. The van der Waals surface area contributed by atoms with Crippen LogP contribution in [0.5, 0.6) is 5.75 Å². The van der Waals surface area contributed by atoms with Gasteiger partial charge in [0, 0.05) is 31.9 Å². The molecule has 2 N–H and O–H groups in total. The van der Waals surface area contributed by atoms with Gasteiger partial charge >= 0.3 is 6.03 Å². The molecule has 0 spiro atoms. The first kappa shape index (κ1) is 22.1. The molecule has 2 aliphatic rings. The Morgan fingerprint density at radius 2 is 1.81 bits per heavy atom. The molecule has 0 bridgehead atoms. The topological polar surface area (TPSA) is 108 Å².